The lowest BCUT2D eigenvalue weighted by Gasteiger charge is -2.02. The summed E-state index contributed by atoms with van der Waals surface area (Å²) in [5.41, 5.74) is 0.282. The van der Waals surface area contributed by atoms with Crippen LogP contribution in [0.2, 0.25) is 0 Å². The summed E-state index contributed by atoms with van der Waals surface area (Å²) in [6.45, 7) is 0. The minimum atomic E-state index is -0.481. The minimum Gasteiger partial charge on any atom is -0.797 e. The summed E-state index contributed by atoms with van der Waals surface area (Å²) in [6, 6.07) is 4.33. The van der Waals surface area contributed by atoms with Gasteiger partial charge in [-0.1, -0.05) is 12.8 Å². The van der Waals surface area contributed by atoms with E-state index in [1.807, 2.05) is 0 Å². The van der Waals surface area contributed by atoms with Crippen LogP contribution in [0, 0.1) is 0 Å². The first-order valence-corrected chi connectivity index (χ1v) is 8.60. The zero-order valence-electron chi connectivity index (χ0n) is 11.8. The second kappa shape index (κ2) is 6.20. The van der Waals surface area contributed by atoms with Crippen molar-refractivity contribution in [3.05, 3.63) is 34.4 Å². The Balaban J connectivity index is 2.03. The summed E-state index contributed by atoms with van der Waals surface area (Å²) in [4.78, 5) is 12.2. The number of halogens is 1. The van der Waals surface area contributed by atoms with E-state index in [0.717, 1.165) is 23.7 Å². The molecule has 5 nitrogen and oxygen atoms in total. The molecule has 2 N–H and O–H groups in total. The maximum atomic E-state index is 12.2. The number of aromatic hydroxyl groups is 2. The first-order chi connectivity index (χ1) is 10.6. The third kappa shape index (κ3) is 2.79. The molecular weight excluding hydrogens is 399 g/mol. The number of unbranched alkanes of at least 4 members (excludes halogenated alkanes) is 2. The molecule has 0 aliphatic heterocycles. The van der Waals surface area contributed by atoms with Gasteiger partial charge in [-0.3, -0.25) is 0 Å². The Labute approximate surface area is 139 Å². The number of aryl methyl sites for hydroxylation is 1. The van der Waals surface area contributed by atoms with Crippen LogP contribution < -0.4 is 28.2 Å². The average molecular weight is 414 g/mol. The fraction of sp³-hybridized carbons (Fsp3) is 0.312. The van der Waals surface area contributed by atoms with Crippen molar-refractivity contribution in [1.29, 1.82) is 0 Å². The highest BCUT2D eigenvalue weighted by molar-refractivity contribution is 6.05. The molecule has 3 aromatic rings. The van der Waals surface area contributed by atoms with Gasteiger partial charge in [-0.15, -0.1) is 0 Å². The average Bonchev–Trinajstić information content (AvgIpc) is 2.82. The van der Waals surface area contributed by atoms with E-state index in [1.165, 1.54) is 12.1 Å². The van der Waals surface area contributed by atoms with Crippen LogP contribution in [0.1, 0.15) is 25.0 Å². The number of fused-ring (bicyclic) bond motifs is 3. The summed E-state index contributed by atoms with van der Waals surface area (Å²) in [7, 11) is 0. The van der Waals surface area contributed by atoms with Crippen LogP contribution in [0.5, 0.6) is 11.5 Å². The Morgan fingerprint density at radius 1 is 0.955 bits per heavy atom. The molecule has 0 aliphatic rings. The molecule has 6 heteroatoms. The molecule has 0 saturated carbocycles. The van der Waals surface area contributed by atoms with Gasteiger partial charge in [0.25, 0.3) is 0 Å². The van der Waals surface area contributed by atoms with E-state index in [0.29, 0.717) is 34.1 Å². The normalized spacial score (nSPS) is 11.5. The van der Waals surface area contributed by atoms with E-state index < -0.39 is 5.63 Å². The number of phenols is 2. The van der Waals surface area contributed by atoms with Crippen LogP contribution in [0.3, 0.4) is 0 Å². The van der Waals surface area contributed by atoms with Crippen molar-refractivity contribution in [2.45, 2.75) is 25.7 Å². The Bertz CT molecular complexity index is 877. The van der Waals surface area contributed by atoms with Crippen molar-refractivity contribution in [3.63, 3.8) is 0 Å². The van der Waals surface area contributed by atoms with Gasteiger partial charge in [-0.2, -0.15) is 4.43 Å². The van der Waals surface area contributed by atoms with Crippen molar-refractivity contribution < 1.29 is 41.6 Å². The van der Waals surface area contributed by atoms with E-state index in [9.17, 15) is 15.0 Å². The number of alkyl halides is 1. The van der Waals surface area contributed by atoms with Gasteiger partial charge in [0.05, 0.1) is 0 Å². The number of rotatable bonds is 5. The topological polar surface area (TPSA) is 83.8 Å². The highest BCUT2D eigenvalue weighted by atomic mass is 127. The van der Waals surface area contributed by atoms with Crippen molar-refractivity contribution >= 4 is 21.9 Å². The number of phenolic OH excluding ortho intramolecular Hbond substituents is 2. The van der Waals surface area contributed by atoms with Crippen LogP contribution in [0.25, 0.3) is 21.9 Å². The van der Waals surface area contributed by atoms with Crippen molar-refractivity contribution in [2.75, 3.05) is 4.43 Å². The molecule has 1 radical (unpaired) electrons. The quantitative estimate of drug-likeness (QED) is 0.270. The molecule has 2 aromatic heterocycles. The number of hydrogen-bond acceptors (Lipinski definition) is 5. The largest absolute Gasteiger partial charge is 0.797 e. The predicted molar refractivity (Wildman–Crippen MR) is 78.0 cm³/mol. The fourth-order valence-electron chi connectivity index (χ4n) is 2.49. The van der Waals surface area contributed by atoms with Gasteiger partial charge in [0.1, 0.15) is 22.3 Å². The van der Waals surface area contributed by atoms with Gasteiger partial charge in [-0.05, 0) is 12.5 Å². The molecule has 2 heterocycles. The van der Waals surface area contributed by atoms with E-state index >= 15 is 0 Å². The minimum absolute atomic E-state index is 0.282. The Kier molecular flexibility index (Phi) is 4.28. The molecule has 0 aliphatic carbocycles. The number of hydrogen-bond donors (Lipinski definition) is 2. The second-order valence-corrected chi connectivity index (χ2v) is 6.26. The van der Waals surface area contributed by atoms with E-state index in [4.69, 9.17) is 8.83 Å². The summed E-state index contributed by atoms with van der Waals surface area (Å²) < 4.78 is 12.1. The van der Waals surface area contributed by atoms with Crippen LogP contribution in [0.4, 0.5) is 0 Å². The van der Waals surface area contributed by atoms with Crippen LogP contribution in [-0.2, 0) is 6.42 Å². The molecule has 1 aromatic carbocycles. The van der Waals surface area contributed by atoms with Crippen LogP contribution >= 0.6 is 0 Å². The third-order valence-corrected chi connectivity index (χ3v) is 4.35. The van der Waals surface area contributed by atoms with Gasteiger partial charge in [0.2, 0.25) is 0 Å². The summed E-state index contributed by atoms with van der Waals surface area (Å²) in [5.74, 6) is 0.0194. The maximum Gasteiger partial charge on any atom is 0.347 e. The lowest BCUT2D eigenvalue weighted by Crippen LogP contribution is -3.35. The Morgan fingerprint density at radius 2 is 1.73 bits per heavy atom. The monoisotopic (exact) mass is 414 g/mol. The molecule has 0 saturated heterocycles. The van der Waals surface area contributed by atoms with E-state index in [-0.39, 0.29) is 11.5 Å². The fourth-order valence-corrected chi connectivity index (χ4v) is 3.03. The summed E-state index contributed by atoms with van der Waals surface area (Å²) in [6.07, 6.45) is 3.89. The SMILES string of the molecule is O=c1oc(CCCCC[I-])cc2oc3cc(O)c(O)cc3c12. The van der Waals surface area contributed by atoms with Gasteiger partial charge >= 0.3 is 5.63 Å². The van der Waals surface area contributed by atoms with Crippen LogP contribution in [0.15, 0.2) is 31.8 Å². The molecule has 0 unspecified atom stereocenters. The maximum absolute atomic E-state index is 12.2. The zero-order valence-corrected chi connectivity index (χ0v) is 13.9. The van der Waals surface area contributed by atoms with Gasteiger partial charge in [0, 0.05) is 23.9 Å². The molecule has 0 amide bonds. The Hall–Kier alpha value is -1.70. The molecule has 0 bridgehead atoms. The number of benzene rings is 1. The van der Waals surface area contributed by atoms with Crippen molar-refractivity contribution in [1.82, 2.24) is 0 Å². The summed E-state index contributed by atoms with van der Waals surface area (Å²) >= 11 is 2.34. The van der Waals surface area contributed by atoms with Gasteiger partial charge in [-0.25, -0.2) is 4.79 Å². The molecule has 117 valence electrons. The smallest absolute Gasteiger partial charge is 0.347 e. The zero-order chi connectivity index (χ0) is 15.7. The molecule has 0 fully saturated rings. The molecule has 0 spiro atoms. The standard InChI is InChI=1S/C16H15IO5/c17-5-3-1-2-4-9-6-14-15(16(20)21-9)10-7-11(18)12(19)8-13(10)22-14/h6-8,18-19H,1-5H2/q-1. The molecule has 0 atom stereocenters. The van der Waals surface area contributed by atoms with E-state index in [1.54, 1.807) is 6.07 Å². The second-order valence-electron chi connectivity index (χ2n) is 5.18. The molecule has 3 rings (SSSR count). The first-order valence-electron chi connectivity index (χ1n) is 7.07. The van der Waals surface area contributed by atoms with Crippen LogP contribution in [-0.4, -0.2) is 14.6 Å². The molecule has 22 heavy (non-hydrogen) atoms. The van der Waals surface area contributed by atoms with Crippen molar-refractivity contribution in [2.24, 2.45) is 0 Å². The van der Waals surface area contributed by atoms with Gasteiger partial charge in [0.15, 0.2) is 11.5 Å². The summed E-state index contributed by atoms with van der Waals surface area (Å²) in [5, 5.41) is 19.8. The molecular formula is C16H15IO5-. The predicted octanol–water partition coefficient (Wildman–Crippen LogP) is 0.217. The van der Waals surface area contributed by atoms with E-state index in [2.05, 4.69) is 22.6 Å². The van der Waals surface area contributed by atoms with Gasteiger partial charge < -0.3 is 41.6 Å². The lowest BCUT2D eigenvalue weighted by atomic mass is 10.1. The third-order valence-electron chi connectivity index (χ3n) is 3.59. The highest BCUT2D eigenvalue weighted by Gasteiger charge is 2.16. The number of furan rings is 1. The Morgan fingerprint density at radius 3 is 2.50 bits per heavy atom. The highest BCUT2D eigenvalue weighted by Crippen LogP contribution is 2.35. The lowest BCUT2D eigenvalue weighted by molar-refractivity contribution is -0.368. The van der Waals surface area contributed by atoms with Crippen molar-refractivity contribution in [3.8, 4) is 11.5 Å². The first kappa shape index (κ1) is 15.2.